The lowest BCUT2D eigenvalue weighted by molar-refractivity contribution is -0.142. The first kappa shape index (κ1) is 27.5. The molecule has 2 aromatic rings. The molecule has 1 aromatic carbocycles. The van der Waals surface area contributed by atoms with E-state index in [1.54, 1.807) is 30.6 Å². The molecule has 1 saturated carbocycles. The Hall–Kier alpha value is -2.50. The third kappa shape index (κ3) is 6.15. The molecule has 9 nitrogen and oxygen atoms in total. The van der Waals surface area contributed by atoms with Gasteiger partial charge in [-0.15, -0.1) is 16.9 Å². The number of nitrogens with zero attached hydrogens (tertiary/aromatic N) is 3. The number of benzene rings is 1. The zero-order valence-corrected chi connectivity index (χ0v) is 23.5. The van der Waals surface area contributed by atoms with Crippen LogP contribution in [0, 0.1) is 5.92 Å². The van der Waals surface area contributed by atoms with Crippen LogP contribution in [0.25, 0.3) is 11.3 Å². The van der Waals surface area contributed by atoms with Crippen molar-refractivity contribution in [1.29, 1.82) is 0 Å². The number of thioether (sulfide) groups is 1. The Morgan fingerprint density at radius 2 is 1.81 bits per heavy atom. The summed E-state index contributed by atoms with van der Waals surface area (Å²) in [4.78, 5) is 42.3. The van der Waals surface area contributed by atoms with Crippen LogP contribution < -0.4 is 16.0 Å². The van der Waals surface area contributed by atoms with E-state index in [9.17, 15) is 14.4 Å². The molecule has 11 heteroatoms. The van der Waals surface area contributed by atoms with Crippen LogP contribution in [0.1, 0.15) is 52.9 Å². The van der Waals surface area contributed by atoms with E-state index in [-0.39, 0.29) is 23.6 Å². The Balaban J connectivity index is 1.58. The van der Waals surface area contributed by atoms with Gasteiger partial charge >= 0.3 is 0 Å². The molecule has 200 valence electrons. The lowest BCUT2D eigenvalue weighted by atomic mass is 9.83. The fourth-order valence-electron chi connectivity index (χ4n) is 5.09. The zero-order chi connectivity index (χ0) is 26.6. The Morgan fingerprint density at radius 3 is 2.49 bits per heavy atom. The minimum Gasteiger partial charge on any atom is -0.343 e. The maximum Gasteiger partial charge on any atom is 0.249 e. The largest absolute Gasteiger partial charge is 0.343 e. The van der Waals surface area contributed by atoms with E-state index in [1.165, 1.54) is 0 Å². The van der Waals surface area contributed by atoms with E-state index < -0.39 is 22.9 Å². The predicted octanol–water partition coefficient (Wildman–Crippen LogP) is 3.50. The van der Waals surface area contributed by atoms with Gasteiger partial charge < -0.3 is 20.9 Å². The zero-order valence-electron chi connectivity index (χ0n) is 21.8. The van der Waals surface area contributed by atoms with Crippen LogP contribution in [0.15, 0.2) is 30.3 Å². The number of amides is 3. The molecule has 0 unspecified atom stereocenters. The van der Waals surface area contributed by atoms with E-state index in [4.69, 9.17) is 0 Å². The third-order valence-electron chi connectivity index (χ3n) is 7.36. The number of nitrogens with one attached hydrogen (secondary N) is 3. The lowest BCUT2D eigenvalue weighted by Gasteiger charge is -2.36. The van der Waals surface area contributed by atoms with Crippen molar-refractivity contribution in [1.82, 2.24) is 25.1 Å². The number of carbonyl (C=O) groups excluding carboxylic acids is 3. The van der Waals surface area contributed by atoms with Gasteiger partial charge in [-0.2, -0.15) is 0 Å². The summed E-state index contributed by atoms with van der Waals surface area (Å²) in [6, 6.07) is 7.79. The van der Waals surface area contributed by atoms with E-state index in [2.05, 4.69) is 25.5 Å². The number of likely N-dealkylation sites (N-methyl/N-ethyl adjacent to an activating group) is 1. The van der Waals surface area contributed by atoms with Crippen molar-refractivity contribution in [2.75, 3.05) is 18.2 Å². The molecule has 3 amide bonds. The first-order chi connectivity index (χ1) is 17.7. The van der Waals surface area contributed by atoms with Crippen molar-refractivity contribution < 1.29 is 14.4 Å². The Kier molecular flexibility index (Phi) is 8.86. The fourth-order valence-corrected chi connectivity index (χ4v) is 6.82. The van der Waals surface area contributed by atoms with Crippen molar-refractivity contribution in [3.63, 3.8) is 0 Å². The van der Waals surface area contributed by atoms with Crippen LogP contribution >= 0.6 is 23.3 Å². The first-order valence-corrected chi connectivity index (χ1v) is 14.6. The molecule has 1 aliphatic heterocycles. The molecule has 4 rings (SSSR count). The van der Waals surface area contributed by atoms with Crippen molar-refractivity contribution in [3.8, 4) is 11.3 Å². The van der Waals surface area contributed by atoms with Crippen LogP contribution in [-0.4, -0.2) is 68.0 Å². The Bertz CT molecular complexity index is 1100. The molecule has 0 spiro atoms. The molecule has 2 aliphatic rings. The summed E-state index contributed by atoms with van der Waals surface area (Å²) >= 11 is 2.69. The van der Waals surface area contributed by atoms with Gasteiger partial charge in [0.2, 0.25) is 17.7 Å². The normalized spacial score (nSPS) is 21.3. The second-order valence-electron chi connectivity index (χ2n) is 10.3. The Morgan fingerprint density at radius 1 is 1.11 bits per heavy atom. The highest BCUT2D eigenvalue weighted by atomic mass is 32.2. The quantitative estimate of drug-likeness (QED) is 0.466. The highest BCUT2D eigenvalue weighted by Crippen LogP contribution is 2.41. The summed E-state index contributed by atoms with van der Waals surface area (Å²) in [5, 5.41) is 13.8. The van der Waals surface area contributed by atoms with Crippen molar-refractivity contribution >= 4 is 46.0 Å². The number of hydrogen-bond acceptors (Lipinski definition) is 8. The highest BCUT2D eigenvalue weighted by Gasteiger charge is 2.50. The van der Waals surface area contributed by atoms with Crippen molar-refractivity contribution in [2.45, 2.75) is 75.7 Å². The van der Waals surface area contributed by atoms with Crippen LogP contribution in [-0.2, 0) is 14.4 Å². The Labute approximate surface area is 226 Å². The summed E-state index contributed by atoms with van der Waals surface area (Å²) in [6.07, 6.45) is 4.99. The standard InChI is InChI=1S/C26H36N6O3S2/c1-16(27-4)22(33)28-20(18-13-9-6-10-14-18)25(35)32-15-36-26(2,3)21(32)23(34)29-24-19(30-31-37-24)17-11-7-5-8-12-17/h5,7-8,11-12,16,18,20-21,27H,6,9-10,13-15H2,1-4H3,(H,28,33)(H,29,34)/t16-,20-,21+/m0/s1. The number of aromatic nitrogens is 2. The van der Waals surface area contributed by atoms with E-state index >= 15 is 0 Å². The van der Waals surface area contributed by atoms with Crippen molar-refractivity contribution in [2.24, 2.45) is 5.92 Å². The molecular formula is C26H36N6O3S2. The molecular weight excluding hydrogens is 508 g/mol. The van der Waals surface area contributed by atoms with Gasteiger partial charge in [-0.05, 0) is 46.6 Å². The summed E-state index contributed by atoms with van der Waals surface area (Å²) < 4.78 is 3.54. The number of anilines is 1. The summed E-state index contributed by atoms with van der Waals surface area (Å²) in [7, 11) is 1.72. The summed E-state index contributed by atoms with van der Waals surface area (Å²) in [5.74, 6) is -0.225. The number of rotatable bonds is 8. The van der Waals surface area contributed by atoms with Crippen LogP contribution in [0.3, 0.4) is 0 Å². The molecule has 2 fully saturated rings. The second kappa shape index (κ2) is 11.9. The number of carbonyl (C=O) groups is 3. The molecule has 1 saturated heterocycles. The van der Waals surface area contributed by atoms with Crippen LogP contribution in [0.4, 0.5) is 5.00 Å². The van der Waals surface area contributed by atoms with Gasteiger partial charge in [0.25, 0.3) is 0 Å². The minimum atomic E-state index is -0.708. The lowest BCUT2D eigenvalue weighted by Crippen LogP contribution is -2.59. The topological polar surface area (TPSA) is 116 Å². The molecule has 1 aliphatic carbocycles. The van der Waals surface area contributed by atoms with Gasteiger partial charge in [-0.1, -0.05) is 54.1 Å². The van der Waals surface area contributed by atoms with Gasteiger partial charge in [0.1, 0.15) is 22.8 Å². The fraction of sp³-hybridized carbons (Fsp3) is 0.577. The maximum atomic E-state index is 14.1. The van der Waals surface area contributed by atoms with Crippen molar-refractivity contribution in [3.05, 3.63) is 30.3 Å². The summed E-state index contributed by atoms with van der Waals surface area (Å²) in [5.41, 5.74) is 1.46. The molecule has 3 N–H and O–H groups in total. The summed E-state index contributed by atoms with van der Waals surface area (Å²) in [6.45, 7) is 5.74. The van der Waals surface area contributed by atoms with E-state index in [0.29, 0.717) is 16.6 Å². The molecule has 3 atom stereocenters. The number of hydrogen-bond donors (Lipinski definition) is 3. The van der Waals surface area contributed by atoms with Gasteiger partial charge in [0.15, 0.2) is 0 Å². The molecule has 1 aromatic heterocycles. The molecule has 0 bridgehead atoms. The second-order valence-corrected chi connectivity index (χ2v) is 12.6. The first-order valence-electron chi connectivity index (χ1n) is 12.8. The molecule has 2 heterocycles. The highest BCUT2D eigenvalue weighted by molar-refractivity contribution is 8.00. The van der Waals surface area contributed by atoms with Gasteiger partial charge in [0.05, 0.1) is 11.9 Å². The predicted molar refractivity (Wildman–Crippen MR) is 148 cm³/mol. The van der Waals surface area contributed by atoms with E-state index in [0.717, 1.165) is 49.2 Å². The average Bonchev–Trinajstić information content (AvgIpc) is 3.50. The smallest absolute Gasteiger partial charge is 0.249 e. The SMILES string of the molecule is CN[C@@H](C)C(=O)N[C@H](C(=O)N1CSC(C)(C)[C@H]1C(=O)Nc1snnc1-c1ccccc1)C1CCCCC1. The van der Waals surface area contributed by atoms with Gasteiger partial charge in [-0.25, -0.2) is 0 Å². The third-order valence-corrected chi connectivity index (χ3v) is 9.38. The van der Waals surface area contributed by atoms with E-state index in [1.807, 2.05) is 44.2 Å². The molecule has 0 radical (unpaired) electrons. The molecule has 37 heavy (non-hydrogen) atoms. The van der Waals surface area contributed by atoms with Crippen LogP contribution in [0.5, 0.6) is 0 Å². The minimum absolute atomic E-state index is 0.0575. The average molecular weight is 545 g/mol. The monoisotopic (exact) mass is 544 g/mol. The maximum absolute atomic E-state index is 14.1. The van der Waals surface area contributed by atoms with Crippen LogP contribution in [0.2, 0.25) is 0 Å². The van der Waals surface area contributed by atoms with Gasteiger partial charge in [-0.3, -0.25) is 14.4 Å². The van der Waals surface area contributed by atoms with Gasteiger partial charge in [0, 0.05) is 21.8 Å².